The van der Waals surface area contributed by atoms with Gasteiger partial charge < -0.3 is 19.5 Å². The lowest BCUT2D eigenvalue weighted by atomic mass is 9.82. The van der Waals surface area contributed by atoms with Crippen molar-refractivity contribution in [2.75, 3.05) is 20.8 Å². The Morgan fingerprint density at radius 3 is 1.74 bits per heavy atom. The predicted molar refractivity (Wildman–Crippen MR) is 113 cm³/mol. The smallest absolute Gasteiger partial charge is 0.326 e. The van der Waals surface area contributed by atoms with Gasteiger partial charge in [0, 0.05) is 0 Å². The summed E-state index contributed by atoms with van der Waals surface area (Å²) in [4.78, 5) is 39.7. The molecule has 1 fully saturated rings. The van der Waals surface area contributed by atoms with E-state index in [1.807, 2.05) is 0 Å². The first-order valence-corrected chi connectivity index (χ1v) is 9.76. The average Bonchev–Trinajstić information content (AvgIpc) is 2.98. The fourth-order valence-corrected chi connectivity index (χ4v) is 3.46. The van der Waals surface area contributed by atoms with Crippen molar-refractivity contribution < 1.29 is 28.6 Å². The van der Waals surface area contributed by atoms with Crippen molar-refractivity contribution in [3.8, 4) is 11.5 Å². The zero-order chi connectivity index (χ0) is 22.8. The van der Waals surface area contributed by atoms with Crippen LogP contribution in [-0.4, -0.2) is 49.2 Å². The number of rotatable bonds is 6. The fraction of sp³-hybridized carbons (Fsp3) is 0.348. The number of imide groups is 1. The molecule has 0 saturated carbocycles. The third-order valence-electron chi connectivity index (χ3n) is 4.86. The van der Waals surface area contributed by atoms with Gasteiger partial charge in [0.05, 0.1) is 14.2 Å². The van der Waals surface area contributed by atoms with E-state index in [0.29, 0.717) is 22.6 Å². The lowest BCUT2D eigenvalue weighted by Crippen LogP contribution is -2.45. The molecule has 8 nitrogen and oxygen atoms in total. The van der Waals surface area contributed by atoms with E-state index >= 15 is 0 Å². The maximum Gasteiger partial charge on any atom is 0.326 e. The molecular formula is C23H26N2O6. The summed E-state index contributed by atoms with van der Waals surface area (Å²) in [5.41, 5.74) is -1.18. The van der Waals surface area contributed by atoms with E-state index in [1.165, 1.54) is 0 Å². The summed E-state index contributed by atoms with van der Waals surface area (Å²) in [5, 5.41) is 2.79. The van der Waals surface area contributed by atoms with Crippen LogP contribution >= 0.6 is 0 Å². The van der Waals surface area contributed by atoms with E-state index < -0.39 is 35.6 Å². The van der Waals surface area contributed by atoms with Gasteiger partial charge in [-0.3, -0.25) is 14.5 Å². The topological polar surface area (TPSA) is 94.2 Å². The second-order valence-electron chi connectivity index (χ2n) is 8.11. The van der Waals surface area contributed by atoms with Gasteiger partial charge in [0.1, 0.15) is 23.6 Å². The number of nitrogens with zero attached hydrogens (tertiary/aromatic N) is 1. The van der Waals surface area contributed by atoms with E-state index in [4.69, 9.17) is 14.2 Å². The lowest BCUT2D eigenvalue weighted by molar-refractivity contribution is -0.157. The minimum absolute atomic E-state index is 0.490. The Bertz CT molecular complexity index is 929. The van der Waals surface area contributed by atoms with Crippen LogP contribution < -0.4 is 14.8 Å². The number of esters is 1. The van der Waals surface area contributed by atoms with Crippen LogP contribution in [0.5, 0.6) is 11.5 Å². The minimum Gasteiger partial charge on any atom is -0.497 e. The molecular weight excluding hydrogens is 400 g/mol. The number of methoxy groups -OCH3 is 2. The molecule has 31 heavy (non-hydrogen) atoms. The van der Waals surface area contributed by atoms with Gasteiger partial charge in [-0.15, -0.1) is 0 Å². The van der Waals surface area contributed by atoms with E-state index in [1.54, 1.807) is 83.5 Å². The first kappa shape index (κ1) is 22.1. The molecule has 1 saturated heterocycles. The molecule has 164 valence electrons. The van der Waals surface area contributed by atoms with E-state index in [2.05, 4.69) is 5.32 Å². The van der Waals surface area contributed by atoms with Crippen molar-refractivity contribution in [1.82, 2.24) is 10.2 Å². The molecule has 1 heterocycles. The Morgan fingerprint density at radius 1 is 0.903 bits per heavy atom. The first-order valence-electron chi connectivity index (χ1n) is 9.76. The largest absolute Gasteiger partial charge is 0.497 e. The summed E-state index contributed by atoms with van der Waals surface area (Å²) in [7, 11) is 3.08. The summed E-state index contributed by atoms with van der Waals surface area (Å²) < 4.78 is 15.7. The van der Waals surface area contributed by atoms with Gasteiger partial charge in [-0.2, -0.15) is 0 Å². The number of amides is 3. The number of carbonyl (C=O) groups excluding carboxylic acids is 3. The number of nitrogens with one attached hydrogen (secondary N) is 1. The monoisotopic (exact) mass is 426 g/mol. The number of carbonyl (C=O) groups is 3. The Hall–Kier alpha value is -3.55. The van der Waals surface area contributed by atoms with Gasteiger partial charge in [-0.05, 0) is 56.2 Å². The fourth-order valence-electron chi connectivity index (χ4n) is 3.46. The number of hydrogen-bond acceptors (Lipinski definition) is 6. The van der Waals surface area contributed by atoms with Gasteiger partial charge in [0.2, 0.25) is 0 Å². The van der Waals surface area contributed by atoms with Crippen molar-refractivity contribution in [3.63, 3.8) is 0 Å². The van der Waals surface area contributed by atoms with Crippen molar-refractivity contribution in [1.29, 1.82) is 0 Å². The third-order valence-corrected chi connectivity index (χ3v) is 4.86. The molecule has 2 aromatic carbocycles. The van der Waals surface area contributed by atoms with Crippen molar-refractivity contribution in [3.05, 3.63) is 59.7 Å². The van der Waals surface area contributed by atoms with Crippen LogP contribution in [0.4, 0.5) is 4.79 Å². The van der Waals surface area contributed by atoms with Crippen LogP contribution in [0.2, 0.25) is 0 Å². The number of benzene rings is 2. The van der Waals surface area contributed by atoms with Crippen molar-refractivity contribution >= 4 is 17.9 Å². The van der Waals surface area contributed by atoms with Crippen LogP contribution in [0.15, 0.2) is 48.5 Å². The molecule has 2 aromatic rings. The normalized spacial score (nSPS) is 15.5. The van der Waals surface area contributed by atoms with Crippen LogP contribution in [0.25, 0.3) is 0 Å². The summed E-state index contributed by atoms with van der Waals surface area (Å²) >= 11 is 0. The molecule has 8 heteroatoms. The SMILES string of the molecule is COc1ccc(C2(c3ccc(OC)cc3)NC(=O)N(CC(=O)OC(C)(C)C)C2=O)cc1. The van der Waals surface area contributed by atoms with Gasteiger partial charge in [0.15, 0.2) is 5.54 Å². The van der Waals surface area contributed by atoms with Crippen molar-refractivity contribution in [2.45, 2.75) is 31.9 Å². The molecule has 0 aromatic heterocycles. The van der Waals surface area contributed by atoms with Crippen LogP contribution in [0.1, 0.15) is 31.9 Å². The molecule has 0 radical (unpaired) electrons. The first-order chi connectivity index (χ1) is 14.6. The highest BCUT2D eigenvalue weighted by atomic mass is 16.6. The summed E-state index contributed by atoms with van der Waals surface area (Å²) in [6.45, 7) is 4.66. The standard InChI is InChI=1S/C23H26N2O6/c1-22(2,3)31-19(26)14-25-20(27)23(24-21(25)28,15-6-10-17(29-4)11-7-15)16-8-12-18(30-5)13-9-16/h6-13H,14H2,1-5H3,(H,24,28). The van der Waals surface area contributed by atoms with Crippen LogP contribution in [0, 0.1) is 0 Å². The molecule has 0 bridgehead atoms. The van der Waals surface area contributed by atoms with Crippen LogP contribution in [0.3, 0.4) is 0 Å². The Balaban J connectivity index is 2.04. The highest BCUT2D eigenvalue weighted by molar-refractivity contribution is 6.11. The Morgan fingerprint density at radius 2 is 1.35 bits per heavy atom. The Kier molecular flexibility index (Phi) is 5.92. The van der Waals surface area contributed by atoms with E-state index in [-0.39, 0.29) is 0 Å². The molecule has 3 amide bonds. The second-order valence-corrected chi connectivity index (χ2v) is 8.11. The summed E-state index contributed by atoms with van der Waals surface area (Å²) in [6, 6.07) is 13.0. The lowest BCUT2D eigenvalue weighted by Gasteiger charge is -2.28. The molecule has 0 atom stereocenters. The molecule has 1 aliphatic rings. The van der Waals surface area contributed by atoms with Gasteiger partial charge >= 0.3 is 12.0 Å². The highest BCUT2D eigenvalue weighted by Gasteiger charge is 2.54. The zero-order valence-corrected chi connectivity index (χ0v) is 18.2. The third kappa shape index (κ3) is 4.33. The minimum atomic E-state index is -1.50. The quantitative estimate of drug-likeness (QED) is 0.564. The molecule has 1 aliphatic heterocycles. The van der Waals surface area contributed by atoms with Gasteiger partial charge in [-0.25, -0.2) is 4.79 Å². The van der Waals surface area contributed by atoms with Gasteiger partial charge in [0.25, 0.3) is 5.91 Å². The molecule has 3 rings (SSSR count). The summed E-state index contributed by atoms with van der Waals surface area (Å²) in [5.74, 6) is -0.0259. The second kappa shape index (κ2) is 8.29. The maximum atomic E-state index is 13.6. The highest BCUT2D eigenvalue weighted by Crippen LogP contribution is 2.37. The number of ether oxygens (including phenoxy) is 3. The van der Waals surface area contributed by atoms with Crippen molar-refractivity contribution in [2.24, 2.45) is 0 Å². The average molecular weight is 426 g/mol. The van der Waals surface area contributed by atoms with E-state index in [0.717, 1.165) is 4.90 Å². The van der Waals surface area contributed by atoms with Crippen LogP contribution in [-0.2, 0) is 19.9 Å². The zero-order valence-electron chi connectivity index (χ0n) is 18.2. The predicted octanol–water partition coefficient (Wildman–Crippen LogP) is 2.84. The molecule has 0 spiro atoms. The van der Waals surface area contributed by atoms with E-state index in [9.17, 15) is 14.4 Å². The molecule has 1 N–H and O–H groups in total. The Labute approximate surface area is 181 Å². The number of hydrogen-bond donors (Lipinski definition) is 1. The summed E-state index contributed by atoms with van der Waals surface area (Å²) in [6.07, 6.45) is 0. The maximum absolute atomic E-state index is 13.6. The number of urea groups is 1. The van der Waals surface area contributed by atoms with Gasteiger partial charge in [-0.1, -0.05) is 24.3 Å². The molecule has 0 unspecified atom stereocenters. The molecule has 0 aliphatic carbocycles.